The van der Waals surface area contributed by atoms with Crippen molar-refractivity contribution in [2.45, 2.75) is 18.1 Å². The zero-order valence-electron chi connectivity index (χ0n) is 12.1. The number of Topliss-reactive ketones (excluding diaryl/α,β-unsaturated/α-hetero) is 1. The second-order valence-electron chi connectivity index (χ2n) is 5.77. The number of rotatable bonds is 3. The van der Waals surface area contributed by atoms with Gasteiger partial charge in [0.15, 0.2) is 11.4 Å². The molecule has 0 bridgehead atoms. The highest BCUT2D eigenvalue weighted by molar-refractivity contribution is 6.09. The molecule has 2 aromatic rings. The molecule has 2 aliphatic rings. The number of nitro benzene ring substituents is 1. The van der Waals surface area contributed by atoms with Crippen LogP contribution >= 0.6 is 0 Å². The number of carbonyl (C=O) groups excluding carboxylic acids is 1. The summed E-state index contributed by atoms with van der Waals surface area (Å²) in [6.07, 6.45) is 3.63. The van der Waals surface area contributed by atoms with E-state index >= 15 is 0 Å². The van der Waals surface area contributed by atoms with E-state index in [1.807, 2.05) is 24.3 Å². The lowest BCUT2D eigenvalue weighted by atomic mass is 9.99. The van der Waals surface area contributed by atoms with Crippen molar-refractivity contribution in [1.82, 2.24) is 0 Å². The Balaban J connectivity index is 1.58. The molecule has 23 heavy (non-hydrogen) atoms. The van der Waals surface area contributed by atoms with Crippen molar-refractivity contribution in [2.75, 3.05) is 0 Å². The van der Waals surface area contributed by atoms with Gasteiger partial charge in [-0.25, -0.2) is 0 Å². The molecule has 0 N–H and O–H groups in total. The van der Waals surface area contributed by atoms with Gasteiger partial charge in [-0.1, -0.05) is 42.5 Å². The van der Waals surface area contributed by atoms with Crippen molar-refractivity contribution in [3.8, 4) is 0 Å². The number of carbonyl (C=O) groups is 1. The van der Waals surface area contributed by atoms with E-state index in [4.69, 9.17) is 4.74 Å². The maximum Gasteiger partial charge on any atom is 0.276 e. The van der Waals surface area contributed by atoms with Gasteiger partial charge in [0.25, 0.3) is 5.69 Å². The van der Waals surface area contributed by atoms with Gasteiger partial charge >= 0.3 is 0 Å². The Kier molecular flexibility index (Phi) is 2.92. The van der Waals surface area contributed by atoms with E-state index in [-0.39, 0.29) is 17.6 Å². The highest BCUT2D eigenvalue weighted by atomic mass is 16.6. The maximum absolute atomic E-state index is 12.5. The minimum Gasteiger partial charge on any atom is -0.352 e. The van der Waals surface area contributed by atoms with Gasteiger partial charge in [0.1, 0.15) is 6.10 Å². The summed E-state index contributed by atoms with van der Waals surface area (Å²) in [6, 6.07) is 14.0. The standard InChI is InChI=1S/C18H13NO4/c20-17-14-7-3-1-6-13(14)11-18(17)16(23-18)10-9-12-5-2-4-8-15(12)19(21)22/h1-10,16H,11H2/b10-9+/t16-,18+/m1/s1. The number of epoxide rings is 1. The molecule has 5 heteroatoms. The highest BCUT2D eigenvalue weighted by Gasteiger charge is 2.64. The summed E-state index contributed by atoms with van der Waals surface area (Å²) in [5.74, 6) is 0.00492. The number of ketones is 1. The zero-order valence-corrected chi connectivity index (χ0v) is 12.1. The molecule has 4 rings (SSSR count). The van der Waals surface area contributed by atoms with Gasteiger partial charge in [-0.05, 0) is 17.7 Å². The monoisotopic (exact) mass is 307 g/mol. The van der Waals surface area contributed by atoms with Crippen molar-refractivity contribution >= 4 is 17.5 Å². The summed E-state index contributed by atoms with van der Waals surface area (Å²) in [5.41, 5.74) is 1.46. The number of ether oxygens (including phenoxy) is 1. The van der Waals surface area contributed by atoms with Crippen molar-refractivity contribution in [1.29, 1.82) is 0 Å². The van der Waals surface area contributed by atoms with Crippen LogP contribution in [-0.4, -0.2) is 22.4 Å². The molecule has 1 spiro atoms. The third kappa shape index (κ3) is 2.09. The molecular formula is C18H13NO4. The minimum absolute atomic E-state index is 0.00492. The molecule has 0 unspecified atom stereocenters. The third-order valence-corrected chi connectivity index (χ3v) is 4.42. The minimum atomic E-state index is -0.802. The van der Waals surface area contributed by atoms with E-state index in [1.54, 1.807) is 30.4 Å². The quantitative estimate of drug-likeness (QED) is 0.496. The molecule has 2 aromatic carbocycles. The van der Waals surface area contributed by atoms with Crippen molar-refractivity contribution < 1.29 is 14.5 Å². The molecule has 5 nitrogen and oxygen atoms in total. The third-order valence-electron chi connectivity index (χ3n) is 4.42. The Morgan fingerprint density at radius 1 is 1.17 bits per heavy atom. The van der Waals surface area contributed by atoms with Crippen LogP contribution in [0.2, 0.25) is 0 Å². The molecule has 1 heterocycles. The first-order valence-electron chi connectivity index (χ1n) is 7.34. The van der Waals surface area contributed by atoms with Gasteiger partial charge in [-0.3, -0.25) is 14.9 Å². The fourth-order valence-corrected chi connectivity index (χ4v) is 3.19. The summed E-state index contributed by atoms with van der Waals surface area (Å²) < 4.78 is 5.68. The first-order valence-corrected chi connectivity index (χ1v) is 7.34. The van der Waals surface area contributed by atoms with Crippen LogP contribution < -0.4 is 0 Å². The zero-order chi connectivity index (χ0) is 16.0. The predicted molar refractivity (Wildman–Crippen MR) is 84.2 cm³/mol. The smallest absolute Gasteiger partial charge is 0.276 e. The van der Waals surface area contributed by atoms with Crippen molar-refractivity contribution in [2.24, 2.45) is 0 Å². The van der Waals surface area contributed by atoms with Gasteiger partial charge in [0.05, 0.1) is 10.5 Å². The van der Waals surface area contributed by atoms with Crippen LogP contribution in [0.3, 0.4) is 0 Å². The van der Waals surface area contributed by atoms with Crippen LogP contribution in [0.4, 0.5) is 5.69 Å². The second kappa shape index (κ2) is 4.86. The van der Waals surface area contributed by atoms with E-state index in [1.165, 1.54) is 6.07 Å². The molecule has 0 saturated carbocycles. The normalized spacial score (nSPS) is 25.0. The Hall–Kier alpha value is -2.79. The first kappa shape index (κ1) is 13.8. The lowest BCUT2D eigenvalue weighted by Crippen LogP contribution is -2.22. The van der Waals surface area contributed by atoms with E-state index in [9.17, 15) is 14.9 Å². The summed E-state index contributed by atoms with van der Waals surface area (Å²) >= 11 is 0. The van der Waals surface area contributed by atoms with Crippen LogP contribution in [0.5, 0.6) is 0 Å². The van der Waals surface area contributed by atoms with Gasteiger partial charge in [-0.15, -0.1) is 0 Å². The summed E-state index contributed by atoms with van der Waals surface area (Å²) in [7, 11) is 0. The number of hydrogen-bond donors (Lipinski definition) is 0. The molecule has 1 saturated heterocycles. The van der Waals surface area contributed by atoms with E-state index in [2.05, 4.69) is 0 Å². The number of nitro groups is 1. The second-order valence-corrected chi connectivity index (χ2v) is 5.77. The number of benzene rings is 2. The summed E-state index contributed by atoms with van der Waals surface area (Å²) in [4.78, 5) is 23.1. The van der Waals surface area contributed by atoms with Crippen molar-refractivity contribution in [3.05, 3.63) is 81.4 Å². The van der Waals surface area contributed by atoms with Gasteiger partial charge in [0, 0.05) is 18.1 Å². The van der Waals surface area contributed by atoms with Crippen LogP contribution in [0.25, 0.3) is 6.08 Å². The molecule has 0 amide bonds. The Bertz CT molecular complexity index is 858. The van der Waals surface area contributed by atoms with E-state index in [0.717, 1.165) is 5.56 Å². The molecule has 0 radical (unpaired) electrons. The fraction of sp³-hybridized carbons (Fsp3) is 0.167. The Morgan fingerprint density at radius 2 is 1.91 bits per heavy atom. The molecule has 1 aliphatic carbocycles. The number of hydrogen-bond acceptors (Lipinski definition) is 4. The highest BCUT2D eigenvalue weighted by Crippen LogP contribution is 2.48. The largest absolute Gasteiger partial charge is 0.352 e. The topological polar surface area (TPSA) is 72.7 Å². The van der Waals surface area contributed by atoms with Crippen molar-refractivity contribution in [3.63, 3.8) is 0 Å². The van der Waals surface area contributed by atoms with Crippen LogP contribution in [-0.2, 0) is 11.2 Å². The fourth-order valence-electron chi connectivity index (χ4n) is 3.19. The van der Waals surface area contributed by atoms with Gasteiger partial charge in [-0.2, -0.15) is 0 Å². The predicted octanol–water partition coefficient (Wildman–Crippen LogP) is 3.18. The molecular weight excluding hydrogens is 294 g/mol. The lowest BCUT2D eigenvalue weighted by molar-refractivity contribution is -0.385. The molecule has 1 aliphatic heterocycles. The van der Waals surface area contributed by atoms with Crippen LogP contribution in [0.15, 0.2) is 54.6 Å². The van der Waals surface area contributed by atoms with E-state index < -0.39 is 10.5 Å². The SMILES string of the molecule is O=C1c2ccccc2C[C@@]12O[C@@H]2/C=C/c1ccccc1[N+](=O)[O-]. The summed E-state index contributed by atoms with van der Waals surface area (Å²) in [5, 5.41) is 11.0. The van der Waals surface area contributed by atoms with E-state index in [0.29, 0.717) is 17.5 Å². The van der Waals surface area contributed by atoms with Gasteiger partial charge in [0.2, 0.25) is 0 Å². The first-order chi connectivity index (χ1) is 11.1. The average molecular weight is 307 g/mol. The molecule has 2 atom stereocenters. The number of nitrogens with zero attached hydrogens (tertiary/aromatic N) is 1. The Labute approximate surface area is 132 Å². The maximum atomic E-state index is 12.5. The Morgan fingerprint density at radius 3 is 2.70 bits per heavy atom. The molecule has 114 valence electrons. The lowest BCUT2D eigenvalue weighted by Gasteiger charge is -1.98. The number of fused-ring (bicyclic) bond motifs is 1. The van der Waals surface area contributed by atoms with Crippen LogP contribution in [0, 0.1) is 10.1 Å². The van der Waals surface area contributed by atoms with Crippen LogP contribution in [0.1, 0.15) is 21.5 Å². The summed E-state index contributed by atoms with van der Waals surface area (Å²) in [6.45, 7) is 0. The average Bonchev–Trinajstić information content (AvgIpc) is 3.18. The van der Waals surface area contributed by atoms with Gasteiger partial charge < -0.3 is 4.74 Å². The molecule has 0 aromatic heterocycles. The number of para-hydroxylation sites is 1. The molecule has 1 fully saturated rings.